The fourth-order valence-electron chi connectivity index (χ4n) is 4.67. The largest absolute Gasteiger partial charge is 0.462 e. The number of piperazine rings is 1. The van der Waals surface area contributed by atoms with Crippen molar-refractivity contribution in [1.82, 2.24) is 15.0 Å². The molecule has 0 unspecified atom stereocenters. The molecule has 0 N–H and O–H groups in total. The van der Waals surface area contributed by atoms with Gasteiger partial charge in [-0.3, -0.25) is 0 Å². The highest BCUT2D eigenvalue weighted by molar-refractivity contribution is 5.91. The smallest absolute Gasteiger partial charge is 0.419 e. The van der Waals surface area contributed by atoms with Crippen molar-refractivity contribution in [3.63, 3.8) is 0 Å². The number of esters is 1. The third kappa shape index (κ3) is 6.06. The lowest BCUT2D eigenvalue weighted by molar-refractivity contribution is -0.137. The number of aromatic nitrogens is 3. The van der Waals surface area contributed by atoms with E-state index in [0.29, 0.717) is 75.5 Å². The number of pyridine rings is 1. The molecule has 0 aliphatic carbocycles. The normalized spacial score (nSPS) is 16.4. The van der Waals surface area contributed by atoms with Crippen LogP contribution in [0.25, 0.3) is 11.3 Å². The average molecular weight is 543 g/mol. The number of hydrogen-bond donors (Lipinski definition) is 0. The lowest BCUT2D eigenvalue weighted by atomic mass is 10.1. The molecule has 1 aromatic carbocycles. The number of carbonyl (C=O) groups excluding carboxylic acids is 1. The van der Waals surface area contributed by atoms with Crippen molar-refractivity contribution in [2.45, 2.75) is 13.1 Å². The first-order valence-electron chi connectivity index (χ1n) is 12.8. The zero-order valence-corrected chi connectivity index (χ0v) is 21.5. The quantitative estimate of drug-likeness (QED) is 0.431. The second-order valence-electron chi connectivity index (χ2n) is 9.16. The van der Waals surface area contributed by atoms with Gasteiger partial charge >= 0.3 is 12.1 Å². The van der Waals surface area contributed by atoms with E-state index >= 15 is 0 Å². The first-order valence-corrected chi connectivity index (χ1v) is 12.8. The van der Waals surface area contributed by atoms with Crippen LogP contribution in [0.4, 0.5) is 30.8 Å². The van der Waals surface area contributed by atoms with Crippen molar-refractivity contribution < 1.29 is 27.4 Å². The summed E-state index contributed by atoms with van der Waals surface area (Å²) in [5.74, 6) is 0.738. The van der Waals surface area contributed by atoms with Crippen molar-refractivity contribution in [3.05, 3.63) is 59.8 Å². The molecule has 0 saturated carbocycles. The third-order valence-corrected chi connectivity index (χ3v) is 6.66. The molecule has 39 heavy (non-hydrogen) atoms. The molecule has 12 heteroatoms. The van der Waals surface area contributed by atoms with E-state index in [2.05, 4.69) is 4.98 Å². The topological polar surface area (TPSA) is 83.9 Å². The fourth-order valence-corrected chi connectivity index (χ4v) is 4.67. The van der Waals surface area contributed by atoms with Gasteiger partial charge in [-0.05, 0) is 31.2 Å². The van der Waals surface area contributed by atoms with Gasteiger partial charge in [0.25, 0.3) is 0 Å². The molecule has 2 aliphatic heterocycles. The van der Waals surface area contributed by atoms with Crippen molar-refractivity contribution >= 4 is 23.6 Å². The minimum atomic E-state index is -4.48. The van der Waals surface area contributed by atoms with E-state index in [1.807, 2.05) is 21.9 Å². The highest BCUT2D eigenvalue weighted by Crippen LogP contribution is 2.36. The van der Waals surface area contributed by atoms with E-state index < -0.39 is 17.7 Å². The van der Waals surface area contributed by atoms with Crippen LogP contribution in [-0.2, 0) is 15.7 Å². The summed E-state index contributed by atoms with van der Waals surface area (Å²) in [6, 6.07) is 11.3. The average Bonchev–Trinajstić information content (AvgIpc) is 2.97. The molecule has 0 bridgehead atoms. The molecule has 2 fully saturated rings. The number of alkyl halides is 3. The number of halogens is 3. The van der Waals surface area contributed by atoms with Gasteiger partial charge in [-0.25, -0.2) is 14.8 Å². The van der Waals surface area contributed by atoms with Crippen molar-refractivity contribution in [2.24, 2.45) is 0 Å². The molecule has 206 valence electrons. The Bertz CT molecular complexity index is 1310. The Labute approximate surface area is 224 Å². The molecule has 4 heterocycles. The monoisotopic (exact) mass is 542 g/mol. The van der Waals surface area contributed by atoms with E-state index in [1.165, 1.54) is 12.3 Å². The van der Waals surface area contributed by atoms with Crippen molar-refractivity contribution in [2.75, 3.05) is 73.8 Å². The highest BCUT2D eigenvalue weighted by atomic mass is 19.4. The van der Waals surface area contributed by atoms with Crippen LogP contribution in [0.1, 0.15) is 22.8 Å². The van der Waals surface area contributed by atoms with Gasteiger partial charge in [0, 0.05) is 57.1 Å². The zero-order chi connectivity index (χ0) is 27.4. The van der Waals surface area contributed by atoms with Gasteiger partial charge < -0.3 is 24.2 Å². The molecule has 0 spiro atoms. The maximum Gasteiger partial charge on any atom is 0.419 e. The second-order valence-corrected chi connectivity index (χ2v) is 9.16. The molecule has 2 aromatic heterocycles. The Morgan fingerprint density at radius 3 is 2.41 bits per heavy atom. The van der Waals surface area contributed by atoms with E-state index in [4.69, 9.17) is 19.4 Å². The van der Waals surface area contributed by atoms with Crippen LogP contribution in [0.2, 0.25) is 0 Å². The first-order chi connectivity index (χ1) is 18.8. The van der Waals surface area contributed by atoms with Crippen molar-refractivity contribution in [1.29, 1.82) is 0 Å². The van der Waals surface area contributed by atoms with Gasteiger partial charge in [0.2, 0.25) is 5.95 Å². The maximum absolute atomic E-state index is 13.6. The molecule has 3 aromatic rings. The number of hydrogen-bond acceptors (Lipinski definition) is 9. The molecule has 0 atom stereocenters. The minimum absolute atomic E-state index is 0.0576. The number of nitrogens with zero attached hydrogens (tertiary/aromatic N) is 6. The van der Waals surface area contributed by atoms with E-state index in [-0.39, 0.29) is 12.4 Å². The Hall–Kier alpha value is -3.93. The summed E-state index contributed by atoms with van der Waals surface area (Å²) in [4.78, 5) is 31.7. The maximum atomic E-state index is 13.6. The van der Waals surface area contributed by atoms with Gasteiger partial charge in [-0.2, -0.15) is 18.2 Å². The van der Waals surface area contributed by atoms with Crippen LogP contribution in [0, 0.1) is 0 Å². The number of carbonyl (C=O) groups is 1. The Morgan fingerprint density at radius 1 is 0.949 bits per heavy atom. The van der Waals surface area contributed by atoms with Gasteiger partial charge in [0.1, 0.15) is 11.6 Å². The van der Waals surface area contributed by atoms with Gasteiger partial charge in [-0.1, -0.05) is 12.1 Å². The minimum Gasteiger partial charge on any atom is -0.462 e. The summed E-state index contributed by atoms with van der Waals surface area (Å²) in [5, 5.41) is 0. The second kappa shape index (κ2) is 11.4. The van der Waals surface area contributed by atoms with Gasteiger partial charge in [0.15, 0.2) is 0 Å². The predicted molar refractivity (Wildman–Crippen MR) is 140 cm³/mol. The summed E-state index contributed by atoms with van der Waals surface area (Å²) in [6.45, 7) is 6.04. The van der Waals surface area contributed by atoms with Gasteiger partial charge in [-0.15, -0.1) is 0 Å². The fraction of sp³-hybridized carbons (Fsp3) is 0.407. The number of rotatable bonds is 6. The lowest BCUT2D eigenvalue weighted by Gasteiger charge is -2.37. The van der Waals surface area contributed by atoms with Crippen LogP contribution in [-0.4, -0.2) is 80.0 Å². The van der Waals surface area contributed by atoms with E-state index in [9.17, 15) is 18.0 Å². The number of ether oxygens (including phenoxy) is 2. The predicted octanol–water partition coefficient (Wildman–Crippen LogP) is 3.90. The molecule has 5 rings (SSSR count). The molecule has 2 aliphatic rings. The van der Waals surface area contributed by atoms with Crippen LogP contribution < -0.4 is 14.7 Å². The van der Waals surface area contributed by atoms with Crippen LogP contribution in [0.5, 0.6) is 0 Å². The number of benzene rings is 1. The van der Waals surface area contributed by atoms with Crippen LogP contribution in [0.3, 0.4) is 0 Å². The van der Waals surface area contributed by atoms with E-state index in [1.54, 1.807) is 30.0 Å². The SMILES string of the molecule is CCOC(=O)c1cccc(-c2cc(N3CCN(c4ncccc4C(F)(F)F)CC3)nc(N3CCOCC3)n2)c1. The zero-order valence-electron chi connectivity index (χ0n) is 21.5. The van der Waals surface area contributed by atoms with Crippen molar-refractivity contribution in [3.8, 4) is 11.3 Å². The molecule has 0 radical (unpaired) electrons. The van der Waals surface area contributed by atoms with Crippen LogP contribution >= 0.6 is 0 Å². The highest BCUT2D eigenvalue weighted by Gasteiger charge is 2.36. The summed E-state index contributed by atoms with van der Waals surface area (Å²) >= 11 is 0. The molecule has 9 nitrogen and oxygen atoms in total. The Balaban J connectivity index is 1.43. The number of morpholine rings is 1. The molecular weight excluding hydrogens is 513 g/mol. The standard InChI is InChI=1S/C27H29F3N6O3/c1-2-39-25(37)20-6-3-5-19(17-20)22-18-23(33-26(32-22)36-13-15-38-16-14-36)34-9-11-35(12-10-34)24-21(27(28,29)30)7-4-8-31-24/h3-8,17-18H,2,9-16H2,1H3. The Kier molecular flexibility index (Phi) is 7.82. The van der Waals surface area contributed by atoms with Crippen LogP contribution in [0.15, 0.2) is 48.7 Å². The third-order valence-electron chi connectivity index (χ3n) is 6.66. The number of anilines is 3. The summed E-state index contributed by atoms with van der Waals surface area (Å²) < 4.78 is 51.3. The summed E-state index contributed by atoms with van der Waals surface area (Å²) in [6.07, 6.45) is -3.10. The molecule has 2 saturated heterocycles. The Morgan fingerprint density at radius 2 is 1.69 bits per heavy atom. The molecular formula is C27H29F3N6O3. The van der Waals surface area contributed by atoms with E-state index in [0.717, 1.165) is 11.6 Å². The lowest BCUT2D eigenvalue weighted by Crippen LogP contribution is -2.48. The van der Waals surface area contributed by atoms with Gasteiger partial charge in [0.05, 0.1) is 36.6 Å². The summed E-state index contributed by atoms with van der Waals surface area (Å²) in [5.41, 5.74) is 1.06. The first kappa shape index (κ1) is 26.7. The molecule has 0 amide bonds. The summed E-state index contributed by atoms with van der Waals surface area (Å²) in [7, 11) is 0.